The molecule has 2 aromatic carbocycles. The Morgan fingerprint density at radius 1 is 1.04 bits per heavy atom. The minimum absolute atomic E-state index is 0.336. The summed E-state index contributed by atoms with van der Waals surface area (Å²) in [6, 6.07) is 11.8. The lowest BCUT2D eigenvalue weighted by molar-refractivity contribution is -0.137. The maximum atomic E-state index is 13.0. The monoisotopic (exact) mass is 364 g/mol. The fourth-order valence-electron chi connectivity index (χ4n) is 2.61. The zero-order chi connectivity index (χ0) is 19.3. The molecule has 4 nitrogen and oxygen atoms in total. The van der Waals surface area contributed by atoms with Gasteiger partial charge in [0.15, 0.2) is 0 Å². The Bertz CT molecular complexity index is 803. The molecule has 0 saturated heterocycles. The van der Waals surface area contributed by atoms with Crippen molar-refractivity contribution < 1.29 is 22.8 Å². The minimum Gasteiger partial charge on any atom is -0.324 e. The van der Waals surface area contributed by atoms with E-state index in [1.807, 2.05) is 19.1 Å². The zero-order valence-corrected chi connectivity index (χ0v) is 14.4. The number of anilines is 2. The highest BCUT2D eigenvalue weighted by molar-refractivity contribution is 6.02. The number of hydrogen-bond acceptors (Lipinski definition) is 2. The van der Waals surface area contributed by atoms with Gasteiger partial charge in [-0.2, -0.15) is 13.2 Å². The van der Waals surface area contributed by atoms with Gasteiger partial charge in [0.25, 0.3) is 0 Å². The highest BCUT2D eigenvalue weighted by atomic mass is 19.4. The summed E-state index contributed by atoms with van der Waals surface area (Å²) in [5.41, 5.74) is 0.168. The van der Waals surface area contributed by atoms with E-state index < -0.39 is 17.6 Å². The summed E-state index contributed by atoms with van der Waals surface area (Å²) in [5.74, 6) is -1.08. The topological polar surface area (TPSA) is 49.4 Å². The van der Waals surface area contributed by atoms with Crippen LogP contribution in [0, 0.1) is 0 Å². The summed E-state index contributed by atoms with van der Waals surface area (Å²) in [6.07, 6.45) is -3.93. The third-order valence-electron chi connectivity index (χ3n) is 3.85. The Morgan fingerprint density at radius 3 is 2.27 bits per heavy atom. The average Bonchev–Trinajstić information content (AvgIpc) is 2.59. The maximum absolute atomic E-state index is 13.0. The number of halogens is 3. The second kappa shape index (κ2) is 8.03. The number of nitrogens with one attached hydrogen (secondary N) is 1. The molecule has 2 rings (SSSR count). The van der Waals surface area contributed by atoms with Crippen LogP contribution in [0.4, 0.5) is 24.5 Å². The molecule has 0 atom stereocenters. The Kier molecular flexibility index (Phi) is 6.02. The molecule has 0 aromatic heterocycles. The zero-order valence-electron chi connectivity index (χ0n) is 14.4. The van der Waals surface area contributed by atoms with Gasteiger partial charge < -0.3 is 10.2 Å². The summed E-state index contributed by atoms with van der Waals surface area (Å²) < 4.78 is 39.1. The van der Waals surface area contributed by atoms with Crippen molar-refractivity contribution in [2.75, 3.05) is 16.8 Å². The Balaban J connectivity index is 2.24. The van der Waals surface area contributed by atoms with E-state index in [1.54, 1.807) is 12.1 Å². The lowest BCUT2D eigenvalue weighted by Gasteiger charge is -2.23. The van der Waals surface area contributed by atoms with Gasteiger partial charge in [0, 0.05) is 12.6 Å². The number of benzene rings is 2. The number of rotatable bonds is 5. The van der Waals surface area contributed by atoms with Crippen LogP contribution in [0.25, 0.3) is 0 Å². The molecular weight excluding hydrogens is 345 g/mol. The molecular formula is C19H19F3N2O2. The summed E-state index contributed by atoms with van der Waals surface area (Å²) in [4.78, 5) is 25.6. The van der Waals surface area contributed by atoms with E-state index in [0.29, 0.717) is 12.1 Å². The molecule has 0 fully saturated rings. The number of carbonyl (C=O) groups excluding carboxylic acids is 2. The largest absolute Gasteiger partial charge is 0.418 e. The third-order valence-corrected chi connectivity index (χ3v) is 3.85. The fourth-order valence-corrected chi connectivity index (χ4v) is 2.61. The number of carbonyl (C=O) groups is 2. The molecule has 0 unspecified atom stereocenters. The minimum atomic E-state index is -4.58. The molecule has 2 amide bonds. The van der Waals surface area contributed by atoms with Crippen LogP contribution in [0.1, 0.15) is 25.0 Å². The molecule has 0 aliphatic rings. The van der Waals surface area contributed by atoms with Gasteiger partial charge in [0.1, 0.15) is 6.54 Å². The van der Waals surface area contributed by atoms with E-state index in [-0.39, 0.29) is 18.1 Å². The number of aryl methyl sites for hydroxylation is 1. The van der Waals surface area contributed by atoms with Crippen molar-refractivity contribution in [1.82, 2.24) is 0 Å². The summed E-state index contributed by atoms with van der Waals surface area (Å²) in [6.45, 7) is 2.85. The van der Waals surface area contributed by atoms with Crippen molar-refractivity contribution in [2.45, 2.75) is 26.4 Å². The Morgan fingerprint density at radius 2 is 1.65 bits per heavy atom. The van der Waals surface area contributed by atoms with Gasteiger partial charge in [0.2, 0.25) is 11.8 Å². The van der Waals surface area contributed by atoms with Gasteiger partial charge in [-0.3, -0.25) is 9.59 Å². The quantitative estimate of drug-likeness (QED) is 0.862. The van der Waals surface area contributed by atoms with Crippen molar-refractivity contribution in [1.29, 1.82) is 0 Å². The fraction of sp³-hybridized carbons (Fsp3) is 0.263. The highest BCUT2D eigenvalue weighted by Crippen LogP contribution is 2.34. The molecule has 0 radical (unpaired) electrons. The third kappa shape index (κ3) is 4.62. The first-order chi connectivity index (χ1) is 12.2. The molecule has 0 heterocycles. The lowest BCUT2D eigenvalue weighted by Crippen LogP contribution is -2.37. The summed E-state index contributed by atoms with van der Waals surface area (Å²) in [7, 11) is 0. The van der Waals surface area contributed by atoms with E-state index in [0.717, 1.165) is 11.6 Å². The number of para-hydroxylation sites is 2. The molecule has 0 spiro atoms. The van der Waals surface area contributed by atoms with Crippen LogP contribution < -0.4 is 10.2 Å². The van der Waals surface area contributed by atoms with Gasteiger partial charge in [0.05, 0.1) is 11.3 Å². The van der Waals surface area contributed by atoms with Gasteiger partial charge in [-0.15, -0.1) is 0 Å². The van der Waals surface area contributed by atoms with Crippen molar-refractivity contribution in [3.8, 4) is 0 Å². The van der Waals surface area contributed by atoms with Crippen LogP contribution in [-0.4, -0.2) is 18.4 Å². The molecule has 0 aliphatic heterocycles. The van der Waals surface area contributed by atoms with Crippen LogP contribution in [0.5, 0.6) is 0 Å². The van der Waals surface area contributed by atoms with Crippen molar-refractivity contribution in [3.63, 3.8) is 0 Å². The molecule has 2 aromatic rings. The molecule has 26 heavy (non-hydrogen) atoms. The number of hydrogen-bond donors (Lipinski definition) is 1. The van der Waals surface area contributed by atoms with Crippen molar-refractivity contribution >= 4 is 23.2 Å². The first kappa shape index (κ1) is 19.5. The average molecular weight is 364 g/mol. The Labute approximate surface area is 149 Å². The molecule has 138 valence electrons. The standard InChI is InChI=1S/C19H19F3N2O2/c1-3-14-8-4-7-11-17(14)24(13(2)25)12-18(26)23-16-10-6-5-9-15(16)19(20,21)22/h4-11H,3,12H2,1-2H3,(H,23,26). The smallest absolute Gasteiger partial charge is 0.324 e. The van der Waals surface area contributed by atoms with E-state index in [2.05, 4.69) is 5.32 Å². The SMILES string of the molecule is CCc1ccccc1N(CC(=O)Nc1ccccc1C(F)(F)F)C(C)=O. The van der Waals surface area contributed by atoms with Crippen LogP contribution in [-0.2, 0) is 22.2 Å². The van der Waals surface area contributed by atoms with Crippen LogP contribution in [0.2, 0.25) is 0 Å². The number of alkyl halides is 3. The molecule has 0 bridgehead atoms. The van der Waals surface area contributed by atoms with Gasteiger partial charge in [-0.25, -0.2) is 0 Å². The second-order valence-electron chi connectivity index (χ2n) is 5.68. The van der Waals surface area contributed by atoms with Crippen molar-refractivity contribution in [2.24, 2.45) is 0 Å². The summed E-state index contributed by atoms with van der Waals surface area (Å²) >= 11 is 0. The van der Waals surface area contributed by atoms with E-state index >= 15 is 0 Å². The second-order valence-corrected chi connectivity index (χ2v) is 5.68. The van der Waals surface area contributed by atoms with Crippen LogP contribution >= 0.6 is 0 Å². The Hall–Kier alpha value is -2.83. The van der Waals surface area contributed by atoms with E-state index in [1.165, 1.54) is 30.0 Å². The number of nitrogens with zero attached hydrogens (tertiary/aromatic N) is 1. The van der Waals surface area contributed by atoms with Gasteiger partial charge in [-0.1, -0.05) is 37.3 Å². The predicted molar refractivity (Wildman–Crippen MR) is 93.9 cm³/mol. The predicted octanol–water partition coefficient (Wildman–Crippen LogP) is 4.26. The first-order valence-electron chi connectivity index (χ1n) is 8.06. The van der Waals surface area contributed by atoms with Gasteiger partial charge >= 0.3 is 6.18 Å². The van der Waals surface area contributed by atoms with Crippen LogP contribution in [0.3, 0.4) is 0 Å². The highest BCUT2D eigenvalue weighted by Gasteiger charge is 2.33. The maximum Gasteiger partial charge on any atom is 0.418 e. The molecule has 7 heteroatoms. The lowest BCUT2D eigenvalue weighted by atomic mass is 10.1. The van der Waals surface area contributed by atoms with E-state index in [4.69, 9.17) is 0 Å². The number of amides is 2. The van der Waals surface area contributed by atoms with Gasteiger partial charge in [-0.05, 0) is 30.2 Å². The molecule has 0 saturated carbocycles. The normalized spacial score (nSPS) is 11.1. The molecule has 0 aliphatic carbocycles. The first-order valence-corrected chi connectivity index (χ1v) is 8.06. The van der Waals surface area contributed by atoms with E-state index in [9.17, 15) is 22.8 Å². The summed E-state index contributed by atoms with van der Waals surface area (Å²) in [5, 5.41) is 2.26. The van der Waals surface area contributed by atoms with Crippen molar-refractivity contribution in [3.05, 3.63) is 59.7 Å². The molecule has 1 N–H and O–H groups in total. The van der Waals surface area contributed by atoms with Crippen LogP contribution in [0.15, 0.2) is 48.5 Å².